The summed E-state index contributed by atoms with van der Waals surface area (Å²) in [5, 5.41) is 3.68. The summed E-state index contributed by atoms with van der Waals surface area (Å²) in [7, 11) is -2.77. The molecule has 0 bridgehead atoms. The molecule has 1 aliphatic carbocycles. The number of likely N-dealkylation sites (tertiary alicyclic amines) is 1. The van der Waals surface area contributed by atoms with Crippen molar-refractivity contribution in [3.8, 4) is 0 Å². The van der Waals surface area contributed by atoms with Gasteiger partial charge < -0.3 is 5.32 Å². The minimum atomic E-state index is -2.77. The van der Waals surface area contributed by atoms with E-state index in [9.17, 15) is 8.42 Å². The van der Waals surface area contributed by atoms with Crippen LogP contribution in [0.25, 0.3) is 0 Å². The van der Waals surface area contributed by atoms with Crippen molar-refractivity contribution in [2.24, 2.45) is 5.92 Å². The fourth-order valence-electron chi connectivity index (χ4n) is 3.41. The molecule has 110 valence electrons. The van der Waals surface area contributed by atoms with Crippen molar-refractivity contribution in [3.63, 3.8) is 0 Å². The van der Waals surface area contributed by atoms with Crippen molar-refractivity contribution in [1.82, 2.24) is 10.2 Å². The largest absolute Gasteiger partial charge is 0.314 e. The first kappa shape index (κ1) is 13.8. The van der Waals surface area contributed by atoms with Gasteiger partial charge in [-0.1, -0.05) is 0 Å². The molecule has 0 aromatic carbocycles. The van der Waals surface area contributed by atoms with E-state index in [-0.39, 0.29) is 0 Å². The van der Waals surface area contributed by atoms with Crippen LogP contribution in [0.1, 0.15) is 38.5 Å². The molecule has 1 atom stereocenters. The highest BCUT2D eigenvalue weighted by Gasteiger charge is 2.32. The third kappa shape index (κ3) is 3.92. The van der Waals surface area contributed by atoms with Gasteiger partial charge in [0.15, 0.2) is 9.84 Å². The van der Waals surface area contributed by atoms with Crippen molar-refractivity contribution >= 4 is 9.84 Å². The van der Waals surface area contributed by atoms with E-state index in [0.29, 0.717) is 23.6 Å². The van der Waals surface area contributed by atoms with E-state index in [1.165, 1.54) is 32.2 Å². The summed E-state index contributed by atoms with van der Waals surface area (Å²) in [5.41, 5.74) is 0. The zero-order valence-electron chi connectivity index (χ0n) is 11.7. The van der Waals surface area contributed by atoms with Crippen LogP contribution in [0.5, 0.6) is 0 Å². The lowest BCUT2D eigenvalue weighted by molar-refractivity contribution is 0.144. The number of piperidine rings is 1. The van der Waals surface area contributed by atoms with Crippen molar-refractivity contribution in [1.29, 1.82) is 0 Å². The average Bonchev–Trinajstić information content (AvgIpc) is 3.20. The van der Waals surface area contributed by atoms with Gasteiger partial charge in [0.05, 0.1) is 11.5 Å². The predicted molar refractivity (Wildman–Crippen MR) is 77.0 cm³/mol. The summed E-state index contributed by atoms with van der Waals surface area (Å²) in [4.78, 5) is 2.42. The van der Waals surface area contributed by atoms with Gasteiger partial charge in [-0.05, 0) is 64.1 Å². The minimum absolute atomic E-state index is 0.295. The second kappa shape index (κ2) is 5.70. The predicted octanol–water partition coefficient (Wildman–Crippen LogP) is 1.03. The van der Waals surface area contributed by atoms with E-state index < -0.39 is 9.84 Å². The molecule has 19 heavy (non-hydrogen) atoms. The van der Waals surface area contributed by atoms with E-state index in [4.69, 9.17) is 0 Å². The number of sulfone groups is 1. The normalized spacial score (nSPS) is 33.4. The van der Waals surface area contributed by atoms with Crippen LogP contribution in [0.15, 0.2) is 0 Å². The first-order valence-electron chi connectivity index (χ1n) is 7.80. The van der Waals surface area contributed by atoms with Gasteiger partial charge in [0.2, 0.25) is 0 Å². The molecule has 0 radical (unpaired) electrons. The lowest BCUT2D eigenvalue weighted by Crippen LogP contribution is -2.50. The van der Waals surface area contributed by atoms with Crippen molar-refractivity contribution in [2.45, 2.75) is 50.6 Å². The number of hydrogen-bond donors (Lipinski definition) is 1. The lowest BCUT2D eigenvalue weighted by Gasteiger charge is -2.39. The fourth-order valence-corrected chi connectivity index (χ4v) is 5.15. The third-order valence-electron chi connectivity index (χ3n) is 4.88. The van der Waals surface area contributed by atoms with Crippen LogP contribution in [-0.2, 0) is 9.84 Å². The second-order valence-electron chi connectivity index (χ2n) is 6.57. The smallest absolute Gasteiger partial charge is 0.151 e. The highest BCUT2D eigenvalue weighted by atomic mass is 32.2. The van der Waals surface area contributed by atoms with Crippen molar-refractivity contribution in [2.75, 3.05) is 31.1 Å². The van der Waals surface area contributed by atoms with Crippen molar-refractivity contribution in [3.05, 3.63) is 0 Å². The van der Waals surface area contributed by atoms with E-state index >= 15 is 0 Å². The summed E-state index contributed by atoms with van der Waals surface area (Å²) >= 11 is 0. The monoisotopic (exact) mass is 286 g/mol. The molecule has 0 spiro atoms. The second-order valence-corrected chi connectivity index (χ2v) is 8.80. The first-order chi connectivity index (χ1) is 9.12. The maximum atomic E-state index is 11.7. The Bertz CT molecular complexity index is 398. The van der Waals surface area contributed by atoms with E-state index in [0.717, 1.165) is 31.8 Å². The molecule has 5 heteroatoms. The van der Waals surface area contributed by atoms with E-state index in [1.807, 2.05) is 0 Å². The van der Waals surface area contributed by atoms with Gasteiger partial charge in [0, 0.05) is 12.1 Å². The SMILES string of the molecule is O=S1(=O)CCCC(N2CCC(NCC3CC3)CC2)C1. The quantitative estimate of drug-likeness (QED) is 0.838. The van der Waals surface area contributed by atoms with Crippen LogP contribution < -0.4 is 5.32 Å². The average molecular weight is 286 g/mol. The Labute approximate surface area is 116 Å². The molecule has 3 aliphatic rings. The van der Waals surface area contributed by atoms with Gasteiger partial charge in [0.25, 0.3) is 0 Å². The van der Waals surface area contributed by atoms with Crippen LogP contribution in [0.4, 0.5) is 0 Å². The Morgan fingerprint density at radius 3 is 2.42 bits per heavy atom. The summed E-state index contributed by atoms with van der Waals surface area (Å²) in [5.74, 6) is 1.75. The summed E-state index contributed by atoms with van der Waals surface area (Å²) in [6.45, 7) is 3.34. The van der Waals surface area contributed by atoms with Crippen LogP contribution in [0.3, 0.4) is 0 Å². The standard InChI is InChI=1S/C14H26N2O2S/c17-19(18)9-1-2-14(11-19)16-7-5-13(6-8-16)15-10-12-3-4-12/h12-15H,1-11H2. The lowest BCUT2D eigenvalue weighted by atomic mass is 10.0. The molecule has 1 unspecified atom stereocenters. The van der Waals surface area contributed by atoms with Crippen LogP contribution in [-0.4, -0.2) is 56.5 Å². The molecule has 3 fully saturated rings. The van der Waals surface area contributed by atoms with Gasteiger partial charge in [-0.3, -0.25) is 4.90 Å². The molecule has 0 aromatic rings. The summed E-state index contributed by atoms with van der Waals surface area (Å²) in [6.07, 6.45) is 7.11. The number of hydrogen-bond acceptors (Lipinski definition) is 4. The zero-order valence-corrected chi connectivity index (χ0v) is 12.5. The molecule has 4 nitrogen and oxygen atoms in total. The molecule has 2 heterocycles. The summed E-state index contributed by atoms with van der Waals surface area (Å²) < 4.78 is 23.4. The Morgan fingerprint density at radius 2 is 1.79 bits per heavy atom. The van der Waals surface area contributed by atoms with Crippen LogP contribution >= 0.6 is 0 Å². The third-order valence-corrected chi connectivity index (χ3v) is 6.68. The first-order valence-corrected chi connectivity index (χ1v) is 9.62. The Morgan fingerprint density at radius 1 is 1.05 bits per heavy atom. The number of nitrogens with zero attached hydrogens (tertiary/aromatic N) is 1. The highest BCUT2D eigenvalue weighted by Crippen LogP contribution is 2.28. The summed E-state index contributed by atoms with van der Waals surface area (Å²) in [6, 6.07) is 0.958. The van der Waals surface area contributed by atoms with E-state index in [1.54, 1.807) is 0 Å². The topological polar surface area (TPSA) is 49.4 Å². The number of rotatable bonds is 4. The molecular weight excluding hydrogens is 260 g/mol. The molecular formula is C14H26N2O2S. The van der Waals surface area contributed by atoms with Gasteiger partial charge in [-0.15, -0.1) is 0 Å². The molecule has 3 rings (SSSR count). The Hall–Kier alpha value is -0.130. The molecule has 0 aromatic heterocycles. The van der Waals surface area contributed by atoms with Gasteiger partial charge in [0.1, 0.15) is 0 Å². The van der Waals surface area contributed by atoms with Gasteiger partial charge in [-0.2, -0.15) is 0 Å². The molecule has 0 amide bonds. The molecule has 2 aliphatic heterocycles. The Kier molecular flexibility index (Phi) is 4.15. The fraction of sp³-hybridized carbons (Fsp3) is 1.00. The maximum absolute atomic E-state index is 11.7. The minimum Gasteiger partial charge on any atom is -0.314 e. The molecule has 1 saturated carbocycles. The Balaban J connectivity index is 1.43. The van der Waals surface area contributed by atoms with Crippen molar-refractivity contribution < 1.29 is 8.42 Å². The van der Waals surface area contributed by atoms with Crippen LogP contribution in [0, 0.1) is 5.92 Å². The molecule has 1 N–H and O–H groups in total. The number of nitrogens with one attached hydrogen (secondary N) is 1. The van der Waals surface area contributed by atoms with Gasteiger partial charge >= 0.3 is 0 Å². The van der Waals surface area contributed by atoms with E-state index in [2.05, 4.69) is 10.2 Å². The zero-order chi connectivity index (χ0) is 13.3. The molecule has 2 saturated heterocycles. The maximum Gasteiger partial charge on any atom is 0.151 e. The van der Waals surface area contributed by atoms with Gasteiger partial charge in [-0.25, -0.2) is 8.42 Å². The van der Waals surface area contributed by atoms with Crippen LogP contribution in [0.2, 0.25) is 0 Å². The highest BCUT2D eigenvalue weighted by molar-refractivity contribution is 7.91.